The minimum atomic E-state index is 0.0374. The highest BCUT2D eigenvalue weighted by Crippen LogP contribution is 2.36. The highest BCUT2D eigenvalue weighted by molar-refractivity contribution is 7.18. The molecule has 1 saturated heterocycles. The Morgan fingerprint density at radius 1 is 1.21 bits per heavy atom. The topological polar surface area (TPSA) is 70.7 Å². The summed E-state index contributed by atoms with van der Waals surface area (Å²) >= 11 is 1.73. The summed E-state index contributed by atoms with van der Waals surface area (Å²) in [6.45, 7) is 9.53. The van der Waals surface area contributed by atoms with E-state index in [1.165, 1.54) is 16.0 Å². The van der Waals surface area contributed by atoms with Crippen molar-refractivity contribution < 1.29 is 9.47 Å². The van der Waals surface area contributed by atoms with Gasteiger partial charge in [-0.25, -0.2) is 4.98 Å². The fourth-order valence-corrected chi connectivity index (χ4v) is 6.73. The number of aromatic nitrogens is 2. The van der Waals surface area contributed by atoms with Crippen LogP contribution in [0, 0.1) is 5.92 Å². The average molecular weight is 467 g/mol. The van der Waals surface area contributed by atoms with Gasteiger partial charge in [0, 0.05) is 37.6 Å². The quantitative estimate of drug-likeness (QED) is 0.632. The third-order valence-corrected chi connectivity index (χ3v) is 8.53. The summed E-state index contributed by atoms with van der Waals surface area (Å²) in [5.74, 6) is 3.16. The molecule has 0 amide bonds. The molecular weight excluding hydrogens is 436 g/mol. The Balaban J connectivity index is 1.14. The van der Waals surface area contributed by atoms with Crippen LogP contribution in [0.4, 0.5) is 0 Å². The first-order valence-corrected chi connectivity index (χ1v) is 12.8. The highest BCUT2D eigenvalue weighted by atomic mass is 32.1. The second-order valence-corrected chi connectivity index (χ2v) is 10.7. The second-order valence-electron chi connectivity index (χ2n) is 9.66. The number of H-pyrrole nitrogens is 1. The molecule has 1 aliphatic carbocycles. The summed E-state index contributed by atoms with van der Waals surface area (Å²) in [5, 5.41) is 0.839. The molecule has 33 heavy (non-hydrogen) atoms. The molecule has 3 aliphatic rings. The van der Waals surface area contributed by atoms with E-state index in [2.05, 4.69) is 40.8 Å². The fraction of sp³-hybridized carbons (Fsp3) is 0.520. The van der Waals surface area contributed by atoms with Crippen LogP contribution in [0.3, 0.4) is 0 Å². The van der Waals surface area contributed by atoms with Crippen molar-refractivity contribution in [3.05, 3.63) is 50.4 Å². The molecule has 0 unspecified atom stereocenters. The SMILES string of the molecule is C[C@H]1CCc2c(sc3nc([C@@H](C)N4CCN(Cc5ccc6c(c5)OCO6)CC4)[nH]c(=O)c23)C1. The predicted octanol–water partition coefficient (Wildman–Crippen LogP) is 3.72. The Hall–Kier alpha value is -2.42. The lowest BCUT2D eigenvalue weighted by Crippen LogP contribution is -2.47. The van der Waals surface area contributed by atoms with Gasteiger partial charge in [-0.3, -0.25) is 14.6 Å². The van der Waals surface area contributed by atoms with Gasteiger partial charge in [0.15, 0.2) is 11.5 Å². The number of aromatic amines is 1. The lowest BCUT2D eigenvalue weighted by atomic mass is 9.89. The molecule has 2 aliphatic heterocycles. The summed E-state index contributed by atoms with van der Waals surface area (Å²) < 4.78 is 10.9. The zero-order valence-corrected chi connectivity index (χ0v) is 20.0. The van der Waals surface area contributed by atoms with Gasteiger partial charge < -0.3 is 14.5 Å². The van der Waals surface area contributed by atoms with Crippen molar-refractivity contribution in [3.8, 4) is 11.5 Å². The van der Waals surface area contributed by atoms with Crippen molar-refractivity contribution in [2.75, 3.05) is 33.0 Å². The number of aryl methyl sites for hydroxylation is 1. The van der Waals surface area contributed by atoms with E-state index in [1.54, 1.807) is 11.3 Å². The number of hydrogen-bond acceptors (Lipinski definition) is 7. The number of hydrogen-bond donors (Lipinski definition) is 1. The summed E-state index contributed by atoms with van der Waals surface area (Å²) in [6, 6.07) is 6.29. The van der Waals surface area contributed by atoms with Gasteiger partial charge in [0.2, 0.25) is 6.79 Å². The summed E-state index contributed by atoms with van der Waals surface area (Å²) in [5.41, 5.74) is 2.53. The van der Waals surface area contributed by atoms with Crippen LogP contribution in [-0.2, 0) is 19.4 Å². The molecule has 2 atom stereocenters. The number of piperazine rings is 1. The normalized spacial score (nSPS) is 21.9. The monoisotopic (exact) mass is 466 g/mol. The van der Waals surface area contributed by atoms with E-state index in [0.29, 0.717) is 12.7 Å². The van der Waals surface area contributed by atoms with Gasteiger partial charge in [0.1, 0.15) is 10.7 Å². The lowest BCUT2D eigenvalue weighted by Gasteiger charge is -2.37. The van der Waals surface area contributed by atoms with Gasteiger partial charge in [-0.2, -0.15) is 0 Å². The first kappa shape index (κ1) is 21.1. The van der Waals surface area contributed by atoms with Crippen molar-refractivity contribution >= 4 is 21.6 Å². The number of rotatable bonds is 4. The zero-order valence-electron chi connectivity index (χ0n) is 19.2. The maximum Gasteiger partial charge on any atom is 0.259 e. The predicted molar refractivity (Wildman–Crippen MR) is 129 cm³/mol. The third-order valence-electron chi connectivity index (χ3n) is 7.38. The van der Waals surface area contributed by atoms with Crippen molar-refractivity contribution in [2.45, 2.75) is 45.7 Å². The molecule has 3 aromatic rings. The van der Waals surface area contributed by atoms with Crippen LogP contribution in [0.5, 0.6) is 11.5 Å². The molecule has 8 heteroatoms. The first-order valence-electron chi connectivity index (χ1n) is 11.9. The number of ether oxygens (including phenoxy) is 2. The molecule has 174 valence electrons. The first-order chi connectivity index (χ1) is 16.0. The van der Waals surface area contributed by atoms with Crippen LogP contribution in [0.15, 0.2) is 23.0 Å². The largest absolute Gasteiger partial charge is 0.454 e. The molecule has 4 heterocycles. The molecule has 0 spiro atoms. The van der Waals surface area contributed by atoms with E-state index >= 15 is 0 Å². The van der Waals surface area contributed by atoms with Gasteiger partial charge in [-0.05, 0) is 55.4 Å². The zero-order chi connectivity index (χ0) is 22.5. The van der Waals surface area contributed by atoms with Crippen molar-refractivity contribution in [1.29, 1.82) is 0 Å². The van der Waals surface area contributed by atoms with Gasteiger partial charge in [0.05, 0.1) is 11.4 Å². The maximum atomic E-state index is 13.0. The fourth-order valence-electron chi connectivity index (χ4n) is 5.34. The summed E-state index contributed by atoms with van der Waals surface area (Å²) in [7, 11) is 0. The van der Waals surface area contributed by atoms with Crippen LogP contribution in [-0.4, -0.2) is 52.7 Å². The Bertz CT molecular complexity index is 1240. The van der Waals surface area contributed by atoms with E-state index in [1.807, 2.05) is 6.07 Å². The smallest absolute Gasteiger partial charge is 0.259 e. The number of benzene rings is 1. The van der Waals surface area contributed by atoms with Crippen LogP contribution >= 0.6 is 11.3 Å². The van der Waals surface area contributed by atoms with E-state index in [4.69, 9.17) is 14.5 Å². The van der Waals surface area contributed by atoms with Crippen molar-refractivity contribution in [1.82, 2.24) is 19.8 Å². The van der Waals surface area contributed by atoms with Crippen LogP contribution in [0.1, 0.15) is 48.1 Å². The standard InChI is InChI=1S/C25H30N4O3S/c1-15-3-5-18-21(11-15)33-25-22(18)24(30)26-23(27-25)16(2)29-9-7-28(8-10-29)13-17-4-6-19-20(12-17)32-14-31-19/h4,6,12,15-16H,3,5,7-11,13-14H2,1-2H3,(H,26,27,30)/t15-,16+/m0/s1. The molecule has 2 aromatic heterocycles. The summed E-state index contributed by atoms with van der Waals surface area (Å²) in [6.07, 6.45) is 3.24. The third kappa shape index (κ3) is 3.94. The minimum absolute atomic E-state index is 0.0374. The Morgan fingerprint density at radius 2 is 2.03 bits per heavy atom. The van der Waals surface area contributed by atoms with E-state index < -0.39 is 0 Å². The van der Waals surface area contributed by atoms with Crippen LogP contribution in [0.2, 0.25) is 0 Å². The van der Waals surface area contributed by atoms with E-state index in [-0.39, 0.29) is 11.6 Å². The number of nitrogens with zero attached hydrogens (tertiary/aromatic N) is 3. The molecule has 0 bridgehead atoms. The molecule has 1 N–H and O–H groups in total. The Kier molecular flexibility index (Phi) is 5.39. The van der Waals surface area contributed by atoms with E-state index in [0.717, 1.165) is 79.5 Å². The van der Waals surface area contributed by atoms with Crippen LogP contribution in [0.25, 0.3) is 10.2 Å². The second kappa shape index (κ2) is 8.42. The van der Waals surface area contributed by atoms with Crippen molar-refractivity contribution in [3.63, 3.8) is 0 Å². The van der Waals surface area contributed by atoms with Gasteiger partial charge >= 0.3 is 0 Å². The molecule has 7 nitrogen and oxygen atoms in total. The maximum absolute atomic E-state index is 13.0. The molecule has 6 rings (SSSR count). The molecule has 0 radical (unpaired) electrons. The van der Waals surface area contributed by atoms with Gasteiger partial charge in [-0.1, -0.05) is 13.0 Å². The molecule has 0 saturated carbocycles. The number of fused-ring (bicyclic) bond motifs is 4. The number of thiophene rings is 1. The van der Waals surface area contributed by atoms with Gasteiger partial charge in [0.25, 0.3) is 5.56 Å². The van der Waals surface area contributed by atoms with Gasteiger partial charge in [-0.15, -0.1) is 11.3 Å². The minimum Gasteiger partial charge on any atom is -0.454 e. The number of nitrogens with one attached hydrogen (secondary N) is 1. The summed E-state index contributed by atoms with van der Waals surface area (Å²) in [4.78, 5) is 28.2. The molecule has 1 fully saturated rings. The van der Waals surface area contributed by atoms with Crippen molar-refractivity contribution in [2.24, 2.45) is 5.92 Å². The molecular formula is C25H30N4O3S. The molecule has 1 aromatic carbocycles. The van der Waals surface area contributed by atoms with Crippen LogP contribution < -0.4 is 15.0 Å². The highest BCUT2D eigenvalue weighted by Gasteiger charge is 2.27. The van der Waals surface area contributed by atoms with E-state index in [9.17, 15) is 4.79 Å². The lowest BCUT2D eigenvalue weighted by molar-refractivity contribution is 0.0948. The Labute approximate surface area is 197 Å². The Morgan fingerprint density at radius 3 is 2.88 bits per heavy atom. The average Bonchev–Trinajstić information content (AvgIpc) is 3.42.